The van der Waals surface area contributed by atoms with Crippen LogP contribution in [0.2, 0.25) is 0 Å². The second kappa shape index (κ2) is 6.09. The van der Waals surface area contributed by atoms with E-state index in [4.69, 9.17) is 11.0 Å². The van der Waals surface area contributed by atoms with Gasteiger partial charge in [-0.2, -0.15) is 5.26 Å². The first kappa shape index (κ1) is 12.5. The minimum absolute atomic E-state index is 0.0575. The van der Waals surface area contributed by atoms with Gasteiger partial charge in [-0.25, -0.2) is 0 Å². The first-order chi connectivity index (χ1) is 7.24. The van der Waals surface area contributed by atoms with Crippen molar-refractivity contribution in [2.75, 3.05) is 13.6 Å². The first-order valence-corrected chi connectivity index (χ1v) is 6.06. The molecule has 1 saturated carbocycles. The van der Waals surface area contributed by atoms with Crippen molar-refractivity contribution in [1.29, 1.82) is 5.26 Å². The highest BCUT2D eigenvalue weighted by Gasteiger charge is 2.30. The minimum Gasteiger partial charge on any atom is -0.330 e. The Kier molecular flexibility index (Phi) is 5.07. The molecule has 0 aliphatic heterocycles. The van der Waals surface area contributed by atoms with Crippen LogP contribution in [0, 0.1) is 17.2 Å². The summed E-state index contributed by atoms with van der Waals surface area (Å²) in [5, 5.41) is 9.06. The standard InChI is InChI=1S/C12H23N3/c1-3-11(9-14)15(2)12-7-5-4-6-10(12)8-13/h10-12H,3-8,13H2,1-2H3. The van der Waals surface area contributed by atoms with Crippen LogP contribution in [0.3, 0.4) is 0 Å². The summed E-state index contributed by atoms with van der Waals surface area (Å²) in [7, 11) is 2.08. The normalized spacial score (nSPS) is 28.7. The summed E-state index contributed by atoms with van der Waals surface area (Å²) >= 11 is 0. The Morgan fingerprint density at radius 2 is 2.13 bits per heavy atom. The number of nitrogens with zero attached hydrogens (tertiary/aromatic N) is 2. The Balaban J connectivity index is 2.63. The molecular weight excluding hydrogens is 186 g/mol. The number of hydrogen-bond acceptors (Lipinski definition) is 3. The maximum absolute atomic E-state index is 9.06. The highest BCUT2D eigenvalue weighted by molar-refractivity contribution is 4.94. The van der Waals surface area contributed by atoms with E-state index in [-0.39, 0.29) is 6.04 Å². The van der Waals surface area contributed by atoms with Crippen LogP contribution in [-0.4, -0.2) is 30.6 Å². The molecule has 3 heteroatoms. The Morgan fingerprint density at radius 3 is 2.67 bits per heavy atom. The smallest absolute Gasteiger partial charge is 0.0975 e. The molecule has 3 atom stereocenters. The monoisotopic (exact) mass is 209 g/mol. The first-order valence-electron chi connectivity index (χ1n) is 6.06. The maximum Gasteiger partial charge on any atom is 0.0975 e. The predicted octanol–water partition coefficient (Wildman–Crippen LogP) is 1.74. The van der Waals surface area contributed by atoms with Crippen molar-refractivity contribution < 1.29 is 0 Å². The summed E-state index contributed by atoms with van der Waals surface area (Å²) in [6, 6.07) is 2.96. The van der Waals surface area contributed by atoms with E-state index in [1.54, 1.807) is 0 Å². The molecular formula is C12H23N3. The van der Waals surface area contributed by atoms with Gasteiger partial charge in [0.1, 0.15) is 0 Å². The van der Waals surface area contributed by atoms with Crippen LogP contribution in [0.15, 0.2) is 0 Å². The van der Waals surface area contributed by atoms with Crippen LogP contribution in [0.5, 0.6) is 0 Å². The molecule has 0 bridgehead atoms. The molecule has 86 valence electrons. The third kappa shape index (κ3) is 2.93. The van der Waals surface area contributed by atoms with Crippen LogP contribution in [-0.2, 0) is 0 Å². The molecule has 3 unspecified atom stereocenters. The SMILES string of the molecule is CCC(C#N)N(C)C1CCCCC1CN. The number of nitrogens with two attached hydrogens (primary N) is 1. The van der Waals surface area contributed by atoms with E-state index < -0.39 is 0 Å². The quantitative estimate of drug-likeness (QED) is 0.767. The average Bonchev–Trinajstić information content (AvgIpc) is 2.30. The van der Waals surface area contributed by atoms with Gasteiger partial charge in [0.2, 0.25) is 0 Å². The van der Waals surface area contributed by atoms with E-state index in [2.05, 4.69) is 24.9 Å². The second-order valence-electron chi connectivity index (χ2n) is 4.57. The third-order valence-electron chi connectivity index (χ3n) is 3.72. The van der Waals surface area contributed by atoms with Crippen molar-refractivity contribution in [2.24, 2.45) is 11.7 Å². The van der Waals surface area contributed by atoms with Crippen molar-refractivity contribution in [2.45, 2.75) is 51.1 Å². The molecule has 15 heavy (non-hydrogen) atoms. The van der Waals surface area contributed by atoms with Gasteiger partial charge in [-0.1, -0.05) is 19.8 Å². The lowest BCUT2D eigenvalue weighted by Gasteiger charge is -2.39. The summed E-state index contributed by atoms with van der Waals surface area (Å²) in [4.78, 5) is 2.25. The van der Waals surface area contributed by atoms with Gasteiger partial charge in [0.15, 0.2) is 0 Å². The van der Waals surface area contributed by atoms with Crippen LogP contribution in [0.1, 0.15) is 39.0 Å². The molecule has 0 aromatic rings. The summed E-state index contributed by atoms with van der Waals surface area (Å²) in [5.74, 6) is 0.589. The van der Waals surface area contributed by atoms with Crippen molar-refractivity contribution in [3.05, 3.63) is 0 Å². The van der Waals surface area contributed by atoms with Gasteiger partial charge in [0.25, 0.3) is 0 Å². The van der Waals surface area contributed by atoms with Crippen LogP contribution < -0.4 is 5.73 Å². The van der Waals surface area contributed by atoms with E-state index in [0.29, 0.717) is 12.0 Å². The zero-order valence-electron chi connectivity index (χ0n) is 9.95. The molecule has 0 radical (unpaired) electrons. The summed E-state index contributed by atoms with van der Waals surface area (Å²) in [6.07, 6.45) is 5.92. The van der Waals surface area contributed by atoms with Gasteiger partial charge < -0.3 is 5.73 Å². The van der Waals surface area contributed by atoms with Gasteiger partial charge in [0.05, 0.1) is 12.1 Å². The van der Waals surface area contributed by atoms with Gasteiger partial charge in [-0.3, -0.25) is 4.90 Å². The van der Waals surface area contributed by atoms with E-state index >= 15 is 0 Å². The van der Waals surface area contributed by atoms with Crippen LogP contribution >= 0.6 is 0 Å². The number of hydrogen-bond donors (Lipinski definition) is 1. The van der Waals surface area contributed by atoms with E-state index in [0.717, 1.165) is 13.0 Å². The molecule has 0 aromatic heterocycles. The summed E-state index contributed by atoms with van der Waals surface area (Å²) < 4.78 is 0. The molecule has 1 aliphatic rings. The van der Waals surface area contributed by atoms with Crippen molar-refractivity contribution in [3.63, 3.8) is 0 Å². The summed E-state index contributed by atoms with van der Waals surface area (Å²) in [5.41, 5.74) is 5.80. The zero-order valence-corrected chi connectivity index (χ0v) is 9.95. The fourth-order valence-corrected chi connectivity index (χ4v) is 2.70. The molecule has 1 fully saturated rings. The van der Waals surface area contributed by atoms with Gasteiger partial charge >= 0.3 is 0 Å². The summed E-state index contributed by atoms with van der Waals surface area (Å²) in [6.45, 7) is 2.83. The number of nitriles is 1. The zero-order chi connectivity index (χ0) is 11.3. The molecule has 3 nitrogen and oxygen atoms in total. The molecule has 0 saturated heterocycles. The topological polar surface area (TPSA) is 53.0 Å². The molecule has 2 N–H and O–H groups in total. The lowest BCUT2D eigenvalue weighted by atomic mass is 9.83. The van der Waals surface area contributed by atoms with E-state index in [9.17, 15) is 0 Å². The van der Waals surface area contributed by atoms with Gasteiger partial charge in [-0.05, 0) is 38.8 Å². The third-order valence-corrected chi connectivity index (χ3v) is 3.72. The lowest BCUT2D eigenvalue weighted by molar-refractivity contribution is 0.110. The van der Waals surface area contributed by atoms with Crippen LogP contribution in [0.25, 0.3) is 0 Å². The Labute approximate surface area is 93.2 Å². The minimum atomic E-state index is 0.0575. The molecule has 0 heterocycles. The van der Waals surface area contributed by atoms with Crippen molar-refractivity contribution in [3.8, 4) is 6.07 Å². The van der Waals surface area contributed by atoms with E-state index in [1.807, 2.05) is 0 Å². The predicted molar refractivity (Wildman–Crippen MR) is 62.3 cm³/mol. The molecule has 0 aromatic carbocycles. The maximum atomic E-state index is 9.06. The van der Waals surface area contributed by atoms with Crippen molar-refractivity contribution >= 4 is 0 Å². The average molecular weight is 209 g/mol. The van der Waals surface area contributed by atoms with Gasteiger partial charge in [-0.15, -0.1) is 0 Å². The molecule has 0 spiro atoms. The van der Waals surface area contributed by atoms with Crippen LogP contribution in [0.4, 0.5) is 0 Å². The highest BCUT2D eigenvalue weighted by atomic mass is 15.2. The fourth-order valence-electron chi connectivity index (χ4n) is 2.70. The van der Waals surface area contributed by atoms with E-state index in [1.165, 1.54) is 25.7 Å². The second-order valence-corrected chi connectivity index (χ2v) is 4.57. The largest absolute Gasteiger partial charge is 0.330 e. The molecule has 1 aliphatic carbocycles. The Bertz CT molecular complexity index is 221. The molecule has 1 rings (SSSR count). The lowest BCUT2D eigenvalue weighted by Crippen LogP contribution is -2.47. The Morgan fingerprint density at radius 1 is 1.47 bits per heavy atom. The highest BCUT2D eigenvalue weighted by Crippen LogP contribution is 2.28. The van der Waals surface area contributed by atoms with Gasteiger partial charge in [0, 0.05) is 6.04 Å². The van der Waals surface area contributed by atoms with Crippen molar-refractivity contribution in [1.82, 2.24) is 4.90 Å². The number of rotatable bonds is 4. The fraction of sp³-hybridized carbons (Fsp3) is 0.917. The molecule has 0 amide bonds. The Hall–Kier alpha value is -0.590.